The summed E-state index contributed by atoms with van der Waals surface area (Å²) < 4.78 is 4.95. The van der Waals surface area contributed by atoms with Crippen molar-refractivity contribution in [3.05, 3.63) is 60.2 Å². The van der Waals surface area contributed by atoms with Crippen LogP contribution in [0.1, 0.15) is 12.5 Å². The Morgan fingerprint density at radius 1 is 0.917 bits per heavy atom. The molecule has 0 heterocycles. The van der Waals surface area contributed by atoms with Crippen LogP contribution in [0.15, 0.2) is 54.6 Å². The molecule has 0 aliphatic carbocycles. The maximum Gasteiger partial charge on any atom is 0.310 e. The van der Waals surface area contributed by atoms with Crippen LogP contribution in [0.3, 0.4) is 0 Å². The summed E-state index contributed by atoms with van der Waals surface area (Å²) in [5, 5.41) is 5.23. The van der Waals surface area contributed by atoms with Gasteiger partial charge >= 0.3 is 5.97 Å². The van der Waals surface area contributed by atoms with Gasteiger partial charge in [-0.15, -0.1) is 0 Å². The maximum absolute atomic E-state index is 11.8. The van der Waals surface area contributed by atoms with Gasteiger partial charge in [0.1, 0.15) is 0 Å². The average molecular weight is 326 g/mol. The smallest absolute Gasteiger partial charge is 0.310 e. The van der Waals surface area contributed by atoms with Crippen molar-refractivity contribution in [3.63, 3.8) is 0 Å². The average Bonchev–Trinajstić information content (AvgIpc) is 2.53. The molecule has 0 radical (unpaired) electrons. The van der Waals surface area contributed by atoms with E-state index in [-0.39, 0.29) is 18.9 Å². The Labute approximate surface area is 139 Å². The van der Waals surface area contributed by atoms with Crippen LogP contribution in [0, 0.1) is 0 Å². The van der Waals surface area contributed by atoms with Crippen LogP contribution in [-0.4, -0.2) is 24.4 Å². The largest absolute Gasteiger partial charge is 0.455 e. The van der Waals surface area contributed by atoms with Crippen LogP contribution in [0.2, 0.25) is 0 Å². The molecule has 0 bridgehead atoms. The van der Waals surface area contributed by atoms with E-state index in [9.17, 15) is 14.4 Å². The first-order chi connectivity index (χ1) is 11.5. The van der Waals surface area contributed by atoms with Gasteiger partial charge in [0.05, 0.1) is 6.42 Å². The first-order valence-electron chi connectivity index (χ1n) is 7.40. The first-order valence-corrected chi connectivity index (χ1v) is 7.40. The number of ether oxygens (including phenoxy) is 1. The Morgan fingerprint density at radius 3 is 2.25 bits per heavy atom. The third kappa shape index (κ3) is 5.92. The third-order valence-corrected chi connectivity index (χ3v) is 3.02. The predicted octanol–water partition coefficient (Wildman–Crippen LogP) is 2.37. The summed E-state index contributed by atoms with van der Waals surface area (Å²) in [6.45, 7) is 1.04. The van der Waals surface area contributed by atoms with Crippen molar-refractivity contribution in [1.29, 1.82) is 0 Å². The van der Waals surface area contributed by atoms with Gasteiger partial charge < -0.3 is 15.4 Å². The number of hydrogen-bond acceptors (Lipinski definition) is 4. The van der Waals surface area contributed by atoms with Crippen LogP contribution in [0.25, 0.3) is 0 Å². The Bertz CT molecular complexity index is 729. The van der Waals surface area contributed by atoms with E-state index in [4.69, 9.17) is 4.74 Å². The summed E-state index contributed by atoms with van der Waals surface area (Å²) >= 11 is 0. The molecule has 0 atom stereocenters. The number of benzene rings is 2. The molecule has 0 aliphatic heterocycles. The lowest BCUT2D eigenvalue weighted by molar-refractivity contribution is -0.146. The van der Waals surface area contributed by atoms with Crippen molar-refractivity contribution in [1.82, 2.24) is 0 Å². The molecule has 2 aromatic rings. The van der Waals surface area contributed by atoms with Gasteiger partial charge in [-0.2, -0.15) is 0 Å². The van der Waals surface area contributed by atoms with Crippen LogP contribution in [0.5, 0.6) is 0 Å². The van der Waals surface area contributed by atoms with Gasteiger partial charge in [0, 0.05) is 18.3 Å². The molecule has 0 aliphatic rings. The SMILES string of the molecule is CC(=O)Nc1cccc(NC(=O)COC(=O)Cc2ccccc2)c1. The van der Waals surface area contributed by atoms with Crippen molar-refractivity contribution in [3.8, 4) is 0 Å². The van der Waals surface area contributed by atoms with Gasteiger partial charge in [-0.25, -0.2) is 0 Å². The summed E-state index contributed by atoms with van der Waals surface area (Å²) in [4.78, 5) is 34.5. The number of anilines is 2. The standard InChI is InChI=1S/C18H18N2O4/c1-13(21)19-15-8-5-9-16(11-15)20-17(22)12-24-18(23)10-14-6-3-2-4-7-14/h2-9,11H,10,12H2,1H3,(H,19,21)(H,20,22). The molecule has 2 rings (SSSR count). The fraction of sp³-hybridized carbons (Fsp3) is 0.167. The molecule has 2 aromatic carbocycles. The topological polar surface area (TPSA) is 84.5 Å². The number of hydrogen-bond donors (Lipinski definition) is 2. The quantitative estimate of drug-likeness (QED) is 0.798. The van der Waals surface area contributed by atoms with Gasteiger partial charge in [-0.05, 0) is 23.8 Å². The molecule has 6 heteroatoms. The van der Waals surface area contributed by atoms with E-state index in [2.05, 4.69) is 10.6 Å². The Hall–Kier alpha value is -3.15. The predicted molar refractivity (Wildman–Crippen MR) is 90.5 cm³/mol. The lowest BCUT2D eigenvalue weighted by Crippen LogP contribution is -2.21. The van der Waals surface area contributed by atoms with Crippen molar-refractivity contribution in [2.75, 3.05) is 17.2 Å². The second-order valence-corrected chi connectivity index (χ2v) is 5.13. The van der Waals surface area contributed by atoms with Crippen LogP contribution >= 0.6 is 0 Å². The van der Waals surface area contributed by atoms with Crippen LogP contribution in [-0.2, 0) is 25.5 Å². The molecular weight excluding hydrogens is 308 g/mol. The normalized spacial score (nSPS) is 9.88. The fourth-order valence-electron chi connectivity index (χ4n) is 2.03. The minimum atomic E-state index is -0.469. The lowest BCUT2D eigenvalue weighted by Gasteiger charge is -2.08. The van der Waals surface area contributed by atoms with Gasteiger partial charge in [-0.1, -0.05) is 36.4 Å². The zero-order valence-electron chi connectivity index (χ0n) is 13.2. The zero-order chi connectivity index (χ0) is 17.4. The van der Waals surface area contributed by atoms with E-state index in [1.807, 2.05) is 30.3 Å². The van der Waals surface area contributed by atoms with E-state index >= 15 is 0 Å². The molecule has 0 unspecified atom stereocenters. The van der Waals surface area contributed by atoms with E-state index < -0.39 is 11.9 Å². The Morgan fingerprint density at radius 2 is 1.58 bits per heavy atom. The highest BCUT2D eigenvalue weighted by atomic mass is 16.5. The number of carbonyl (C=O) groups is 3. The first kappa shape index (κ1) is 17.2. The van der Waals surface area contributed by atoms with Crippen LogP contribution in [0.4, 0.5) is 11.4 Å². The van der Waals surface area contributed by atoms with Crippen LogP contribution < -0.4 is 10.6 Å². The van der Waals surface area contributed by atoms with E-state index in [1.165, 1.54) is 6.92 Å². The van der Waals surface area contributed by atoms with Gasteiger partial charge in [0.2, 0.25) is 5.91 Å². The fourth-order valence-corrected chi connectivity index (χ4v) is 2.03. The number of carbonyl (C=O) groups excluding carboxylic acids is 3. The summed E-state index contributed by atoms with van der Waals surface area (Å²) in [5.74, 6) is -1.12. The Balaban J connectivity index is 1.80. The minimum Gasteiger partial charge on any atom is -0.455 e. The molecule has 0 fully saturated rings. The van der Waals surface area contributed by atoms with Crippen molar-refractivity contribution >= 4 is 29.2 Å². The summed E-state index contributed by atoms with van der Waals surface area (Å²) in [7, 11) is 0. The molecule has 2 amide bonds. The highest BCUT2D eigenvalue weighted by molar-refractivity contribution is 5.94. The van der Waals surface area contributed by atoms with E-state index in [1.54, 1.807) is 24.3 Å². The molecule has 0 aromatic heterocycles. The van der Waals surface area contributed by atoms with Crippen molar-refractivity contribution in [2.45, 2.75) is 13.3 Å². The second-order valence-electron chi connectivity index (χ2n) is 5.13. The summed E-state index contributed by atoms with van der Waals surface area (Å²) in [6, 6.07) is 15.8. The molecule has 24 heavy (non-hydrogen) atoms. The number of amides is 2. The van der Waals surface area contributed by atoms with E-state index in [0.717, 1.165) is 5.56 Å². The molecule has 6 nitrogen and oxygen atoms in total. The molecule has 0 saturated heterocycles. The molecule has 2 N–H and O–H groups in total. The van der Waals surface area contributed by atoms with Crippen molar-refractivity contribution < 1.29 is 19.1 Å². The van der Waals surface area contributed by atoms with E-state index in [0.29, 0.717) is 11.4 Å². The minimum absolute atomic E-state index is 0.117. The molecular formula is C18H18N2O4. The molecule has 0 saturated carbocycles. The number of esters is 1. The zero-order valence-corrected chi connectivity index (χ0v) is 13.2. The summed E-state index contributed by atoms with van der Waals surface area (Å²) in [6.07, 6.45) is 0.117. The second kappa shape index (κ2) is 8.47. The summed E-state index contributed by atoms with van der Waals surface area (Å²) in [5.41, 5.74) is 1.90. The molecule has 124 valence electrons. The van der Waals surface area contributed by atoms with Gasteiger partial charge in [0.15, 0.2) is 6.61 Å². The van der Waals surface area contributed by atoms with Gasteiger partial charge in [0.25, 0.3) is 5.91 Å². The molecule has 0 spiro atoms. The highest BCUT2D eigenvalue weighted by Crippen LogP contribution is 2.14. The highest BCUT2D eigenvalue weighted by Gasteiger charge is 2.09. The third-order valence-electron chi connectivity index (χ3n) is 3.02. The van der Waals surface area contributed by atoms with Crippen molar-refractivity contribution in [2.24, 2.45) is 0 Å². The lowest BCUT2D eigenvalue weighted by atomic mass is 10.2. The monoisotopic (exact) mass is 326 g/mol. The number of rotatable bonds is 6. The Kier molecular flexibility index (Phi) is 6.08. The number of nitrogens with one attached hydrogen (secondary N) is 2. The van der Waals surface area contributed by atoms with Gasteiger partial charge in [-0.3, -0.25) is 14.4 Å². The maximum atomic E-state index is 11.8.